The van der Waals surface area contributed by atoms with Crippen LogP contribution in [0.1, 0.15) is 144 Å². The molecule has 2 aliphatic rings. The third-order valence-corrected chi connectivity index (χ3v) is 18.2. The number of imidazole rings is 1. The van der Waals surface area contributed by atoms with Crippen molar-refractivity contribution in [3.63, 3.8) is 0 Å². The van der Waals surface area contributed by atoms with Gasteiger partial charge >= 0.3 is 11.9 Å². The first kappa shape index (κ1) is 82.5. The van der Waals surface area contributed by atoms with Crippen LogP contribution in [-0.4, -0.2) is 204 Å². The lowest BCUT2D eigenvalue weighted by Crippen LogP contribution is -2.66. The molecule has 548 valence electrons. The highest BCUT2D eigenvalue weighted by Crippen LogP contribution is 2.25. The van der Waals surface area contributed by atoms with Crippen LogP contribution in [0.5, 0.6) is 0 Å². The topological polar surface area (TPSA) is 536 Å². The lowest BCUT2D eigenvalue weighted by molar-refractivity contribution is -0.157. The van der Waals surface area contributed by atoms with E-state index in [1.165, 1.54) is 38.1 Å². The maximum atomic E-state index is 15.9. The highest BCUT2D eigenvalue weighted by Gasteiger charge is 2.46. The fraction of sp³-hybridized carbons (Fsp3) is 0.631. The van der Waals surface area contributed by atoms with Crippen LogP contribution in [0.25, 0.3) is 0 Å². The van der Waals surface area contributed by atoms with Crippen molar-refractivity contribution < 1.29 is 77.3 Å². The average molecular weight is 1410 g/mol. The third-order valence-electron chi connectivity index (χ3n) is 17.1. The smallest absolute Gasteiger partial charge is 0.305 e. The number of amides is 12. The van der Waals surface area contributed by atoms with E-state index in [9.17, 15) is 58.2 Å². The lowest BCUT2D eigenvalue weighted by atomic mass is 9.96. The molecular weight excluding hydrogens is 1310 g/mol. The van der Waals surface area contributed by atoms with Gasteiger partial charge in [0.1, 0.15) is 66.5 Å². The Morgan fingerprint density at radius 1 is 0.657 bits per heavy atom. The number of carboxylic acids is 2. The second kappa shape index (κ2) is 40.9. The van der Waals surface area contributed by atoms with Crippen molar-refractivity contribution >= 4 is 99.6 Å². The minimum absolute atomic E-state index is 0.0258. The van der Waals surface area contributed by atoms with Gasteiger partial charge in [-0.3, -0.25) is 77.0 Å². The van der Waals surface area contributed by atoms with Gasteiger partial charge in [0.2, 0.25) is 59.1 Å². The number of carbonyl (C=O) groups excluding carboxylic acids is 12. The minimum atomic E-state index is -2.27. The molecule has 34 heteroatoms. The maximum absolute atomic E-state index is 15.9. The van der Waals surface area contributed by atoms with Gasteiger partial charge in [-0.05, 0) is 87.3 Å². The number of hydrogen-bond donors (Lipinski definition) is 16. The van der Waals surface area contributed by atoms with E-state index >= 15 is 19.2 Å². The van der Waals surface area contributed by atoms with Gasteiger partial charge in [0.25, 0.3) is 11.8 Å². The zero-order valence-corrected chi connectivity index (χ0v) is 58.3. The Kier molecular flexibility index (Phi) is 34.1. The number of imide groups is 1. The fourth-order valence-electron chi connectivity index (χ4n) is 10.9. The molecule has 20 N–H and O–H groups in total. The van der Waals surface area contributed by atoms with Crippen LogP contribution in [0.15, 0.2) is 47.8 Å². The monoisotopic (exact) mass is 1410 g/mol. The summed E-state index contributed by atoms with van der Waals surface area (Å²) in [5.74, 6) is -18.1. The number of nitrogens with zero attached hydrogens (tertiary/aromatic N) is 3. The van der Waals surface area contributed by atoms with Gasteiger partial charge in [-0.2, -0.15) is 0 Å². The summed E-state index contributed by atoms with van der Waals surface area (Å²) in [6, 6.07) is -10.6. The average Bonchev–Trinajstić information content (AvgIpc) is 1.66. The van der Waals surface area contributed by atoms with E-state index in [0.717, 1.165) is 6.42 Å². The van der Waals surface area contributed by atoms with Crippen LogP contribution in [-0.2, 0) is 80.0 Å². The SMILES string of the molecule is CCC(C)C(N)C1=NC(C(=O)NC(CC(C)C)C(=O)NC(CCC(=O)O)C(=O)NC(C(=O)NC(CCCCN)C(=O)N2C(=O)C(CC(N)=O)NC(=O)C(CC(=O)O)NC(=O)C(Cc3cnc[nH]3)NC(=O)C(Cc3ccccc3)NC(=O)C(C(C)C)NC(=O)C2CCCN)C(C)CC)CS1. The van der Waals surface area contributed by atoms with Gasteiger partial charge in [-0.1, -0.05) is 98.6 Å². The van der Waals surface area contributed by atoms with Crippen LogP contribution in [0.4, 0.5) is 0 Å². The molecule has 12 amide bonds. The van der Waals surface area contributed by atoms with Crippen LogP contribution >= 0.6 is 11.8 Å². The van der Waals surface area contributed by atoms with Gasteiger partial charge in [-0.15, -0.1) is 11.8 Å². The molecule has 1 fully saturated rings. The van der Waals surface area contributed by atoms with E-state index in [1.54, 1.807) is 58.0 Å². The van der Waals surface area contributed by atoms with Crippen molar-refractivity contribution in [1.29, 1.82) is 0 Å². The number of aliphatic imine (C=N–C) groups is 1. The zero-order valence-electron chi connectivity index (χ0n) is 57.5. The van der Waals surface area contributed by atoms with Gasteiger partial charge in [0.15, 0.2) is 0 Å². The lowest BCUT2D eigenvalue weighted by Gasteiger charge is -2.36. The molecule has 0 spiro atoms. The van der Waals surface area contributed by atoms with Gasteiger partial charge in [0, 0.05) is 36.9 Å². The summed E-state index contributed by atoms with van der Waals surface area (Å²) in [7, 11) is 0. The molecule has 14 atom stereocenters. The molecule has 1 saturated heterocycles. The summed E-state index contributed by atoms with van der Waals surface area (Å²) in [5.41, 5.74) is 24.9. The van der Waals surface area contributed by atoms with Gasteiger partial charge < -0.3 is 86.0 Å². The molecule has 33 nitrogen and oxygen atoms in total. The Morgan fingerprint density at radius 2 is 1.25 bits per heavy atom. The number of primary amides is 1. The molecule has 14 unspecified atom stereocenters. The molecule has 1 aromatic carbocycles. The Hall–Kier alpha value is -8.89. The number of aromatic amines is 1. The Morgan fingerprint density at radius 3 is 1.83 bits per heavy atom. The Labute approximate surface area is 579 Å². The van der Waals surface area contributed by atoms with Crippen molar-refractivity contribution in [2.45, 2.75) is 218 Å². The molecule has 4 rings (SSSR count). The van der Waals surface area contributed by atoms with E-state index < -0.39 is 199 Å². The first-order chi connectivity index (χ1) is 46.8. The van der Waals surface area contributed by atoms with E-state index in [2.05, 4.69) is 62.8 Å². The standard InChI is InChI=1S/C65H101N17O16S/c1-9-35(7)51(69)63-79-46(31-99-63)59(93)74-41(25-33(3)4)55(89)72-39(21-22-49(84)85)54(88)81-53(36(8)10-2)62(96)73-40(19-14-15-23-66)64(97)82-47(20-16-24-67)60(94)80-52(34(5)6)61(95)77-42(26-37-17-12-11-13-18-37)56(90)75-43(27-38-30-70-32-71-38)57(91)76-44(29-50(86)87)58(92)78-45(65(82)98)28-48(68)83/h11-13,17-18,30,32-36,39-47,51-53H,9-10,14-16,19-29,31,66-67,69H2,1-8H3,(H2,68,83)(H,70,71)(H,72,89)(H,73,96)(H,74,93)(H,75,90)(H,76,91)(H,77,95)(H,78,92)(H,80,94)(H,81,88)(H,84,85)(H,86,87). The summed E-state index contributed by atoms with van der Waals surface area (Å²) in [6.07, 6.45) is -1.30. The van der Waals surface area contributed by atoms with Crippen LogP contribution in [0.2, 0.25) is 0 Å². The normalized spacial score (nSPS) is 21.8. The van der Waals surface area contributed by atoms with Gasteiger partial charge in [-0.25, -0.2) is 4.98 Å². The number of hydrogen-bond acceptors (Lipinski definition) is 20. The molecular formula is C65H101N17O16S. The molecule has 0 saturated carbocycles. The van der Waals surface area contributed by atoms with Crippen molar-refractivity contribution in [3.8, 4) is 0 Å². The summed E-state index contributed by atoms with van der Waals surface area (Å²) >= 11 is 1.33. The maximum Gasteiger partial charge on any atom is 0.305 e. The molecule has 0 aliphatic carbocycles. The predicted octanol–water partition coefficient (Wildman–Crippen LogP) is -1.99. The van der Waals surface area contributed by atoms with Gasteiger partial charge in [0.05, 0.1) is 30.3 Å². The number of H-pyrrole nitrogens is 1. The van der Waals surface area contributed by atoms with E-state index in [1.807, 2.05) is 13.8 Å². The molecule has 0 radical (unpaired) electrons. The van der Waals surface area contributed by atoms with E-state index in [4.69, 9.17) is 22.9 Å². The molecule has 3 heterocycles. The van der Waals surface area contributed by atoms with E-state index in [0.29, 0.717) is 15.5 Å². The largest absolute Gasteiger partial charge is 0.481 e. The summed E-state index contributed by atoms with van der Waals surface area (Å²) < 4.78 is 0. The number of aromatic nitrogens is 2. The Bertz CT molecular complexity index is 3160. The van der Waals surface area contributed by atoms with Crippen molar-refractivity contribution in [3.05, 3.63) is 54.1 Å². The Balaban J connectivity index is 1.89. The fourth-order valence-corrected chi connectivity index (χ4v) is 12.1. The summed E-state index contributed by atoms with van der Waals surface area (Å²) in [5, 5.41) is 43.5. The molecule has 99 heavy (non-hydrogen) atoms. The summed E-state index contributed by atoms with van der Waals surface area (Å²) in [6.45, 7) is 13.7. The summed E-state index contributed by atoms with van der Waals surface area (Å²) in [4.78, 5) is 213. The quantitative estimate of drug-likeness (QED) is 0.0332. The number of benzene rings is 1. The number of rotatable bonds is 35. The van der Waals surface area contributed by atoms with Crippen molar-refractivity contribution in [2.75, 3.05) is 18.8 Å². The van der Waals surface area contributed by atoms with Crippen molar-refractivity contribution in [1.82, 2.24) is 62.7 Å². The number of nitrogens with two attached hydrogens (primary N) is 4. The predicted molar refractivity (Wildman–Crippen MR) is 364 cm³/mol. The molecule has 1 aromatic heterocycles. The number of unbranched alkanes of at least 4 members (excludes halogenated alkanes) is 1. The second-order valence-corrected chi connectivity index (χ2v) is 26.9. The first-order valence-electron chi connectivity index (χ1n) is 33.5. The molecule has 0 bridgehead atoms. The molecule has 2 aromatic rings. The number of carboxylic acid groups (broad SMARTS) is 2. The minimum Gasteiger partial charge on any atom is -0.481 e. The van der Waals surface area contributed by atoms with E-state index in [-0.39, 0.29) is 87.7 Å². The number of aliphatic carboxylic acids is 2. The van der Waals surface area contributed by atoms with Crippen LogP contribution in [0.3, 0.4) is 0 Å². The first-order valence-corrected chi connectivity index (χ1v) is 34.5. The number of carbonyl (C=O) groups is 14. The highest BCUT2D eigenvalue weighted by molar-refractivity contribution is 8.14. The molecule has 2 aliphatic heterocycles. The second-order valence-electron chi connectivity index (χ2n) is 25.8. The van der Waals surface area contributed by atoms with Crippen LogP contribution in [0, 0.1) is 23.7 Å². The number of nitrogens with one attached hydrogen (secondary N) is 10. The van der Waals surface area contributed by atoms with Crippen LogP contribution < -0.4 is 70.8 Å². The zero-order chi connectivity index (χ0) is 73.8. The third kappa shape index (κ3) is 26.1. The number of thioether (sulfide) groups is 1. The highest BCUT2D eigenvalue weighted by atomic mass is 32.2. The van der Waals surface area contributed by atoms with Crippen molar-refractivity contribution in [2.24, 2.45) is 51.6 Å².